The number of nitrogens with zero attached hydrogens (tertiary/aromatic N) is 2. The van der Waals surface area contributed by atoms with E-state index in [4.69, 9.17) is 4.52 Å². The Labute approximate surface area is 118 Å². The molecule has 110 valence electrons. The molecule has 1 aliphatic rings. The smallest absolute Gasteiger partial charge is 0.260 e. The van der Waals surface area contributed by atoms with E-state index in [1.165, 1.54) is 0 Å². The van der Waals surface area contributed by atoms with E-state index < -0.39 is 5.54 Å². The van der Waals surface area contributed by atoms with Gasteiger partial charge in [-0.3, -0.25) is 9.59 Å². The standard InChI is InChI=1S/C14H21N3O3/c1-5-10-11(9(2)20-16-10)12(18)17-8-6-7-14(17,3)13(19)15-4/h5-8H2,1-4H3,(H,15,19)/t14-/m0/s1. The first-order valence-corrected chi connectivity index (χ1v) is 6.95. The van der Waals surface area contributed by atoms with Crippen LogP contribution in [-0.2, 0) is 11.2 Å². The van der Waals surface area contributed by atoms with Gasteiger partial charge in [0.05, 0.1) is 5.69 Å². The van der Waals surface area contributed by atoms with Crippen molar-refractivity contribution in [2.45, 2.75) is 45.6 Å². The quantitative estimate of drug-likeness (QED) is 0.904. The van der Waals surface area contributed by atoms with Crippen molar-refractivity contribution in [3.05, 3.63) is 17.0 Å². The van der Waals surface area contributed by atoms with Gasteiger partial charge in [-0.15, -0.1) is 0 Å². The summed E-state index contributed by atoms with van der Waals surface area (Å²) in [5.74, 6) is 0.220. The van der Waals surface area contributed by atoms with Crippen LogP contribution in [0.25, 0.3) is 0 Å². The van der Waals surface area contributed by atoms with Crippen LogP contribution in [0.5, 0.6) is 0 Å². The summed E-state index contributed by atoms with van der Waals surface area (Å²) in [5, 5.41) is 6.57. The van der Waals surface area contributed by atoms with Crippen LogP contribution in [-0.4, -0.2) is 41.0 Å². The van der Waals surface area contributed by atoms with Crippen molar-refractivity contribution in [2.24, 2.45) is 0 Å². The summed E-state index contributed by atoms with van der Waals surface area (Å²) in [5.41, 5.74) is 0.365. The molecule has 0 aromatic carbocycles. The molecule has 1 aliphatic heterocycles. The molecule has 0 aliphatic carbocycles. The van der Waals surface area contributed by atoms with E-state index in [-0.39, 0.29) is 11.8 Å². The first-order chi connectivity index (χ1) is 9.45. The number of hydrogen-bond acceptors (Lipinski definition) is 4. The van der Waals surface area contributed by atoms with Crippen LogP contribution in [0, 0.1) is 6.92 Å². The molecule has 0 bridgehead atoms. The summed E-state index contributed by atoms with van der Waals surface area (Å²) in [6, 6.07) is 0. The molecular formula is C14H21N3O3. The topological polar surface area (TPSA) is 75.4 Å². The van der Waals surface area contributed by atoms with Crippen molar-refractivity contribution in [3.63, 3.8) is 0 Å². The van der Waals surface area contributed by atoms with E-state index in [0.717, 1.165) is 6.42 Å². The Kier molecular flexibility index (Phi) is 3.83. The van der Waals surface area contributed by atoms with Gasteiger partial charge in [-0.1, -0.05) is 12.1 Å². The van der Waals surface area contributed by atoms with E-state index in [0.29, 0.717) is 36.4 Å². The molecular weight excluding hydrogens is 258 g/mol. The fourth-order valence-electron chi connectivity index (χ4n) is 2.86. The molecule has 0 unspecified atom stereocenters. The monoisotopic (exact) mass is 279 g/mol. The number of carbonyl (C=O) groups is 2. The maximum Gasteiger partial charge on any atom is 0.260 e. The van der Waals surface area contributed by atoms with Gasteiger partial charge >= 0.3 is 0 Å². The molecule has 1 aromatic heterocycles. The van der Waals surface area contributed by atoms with Crippen LogP contribution in [0.3, 0.4) is 0 Å². The molecule has 2 amide bonds. The third-order valence-corrected chi connectivity index (χ3v) is 4.08. The number of amides is 2. The van der Waals surface area contributed by atoms with Crippen LogP contribution in [0.1, 0.15) is 48.5 Å². The van der Waals surface area contributed by atoms with E-state index in [9.17, 15) is 9.59 Å². The third-order valence-electron chi connectivity index (χ3n) is 4.08. The van der Waals surface area contributed by atoms with Gasteiger partial charge < -0.3 is 14.7 Å². The lowest BCUT2D eigenvalue weighted by atomic mass is 9.96. The number of likely N-dealkylation sites (tertiary alicyclic amines) is 1. The zero-order valence-electron chi connectivity index (χ0n) is 12.4. The number of hydrogen-bond donors (Lipinski definition) is 1. The van der Waals surface area contributed by atoms with E-state index in [2.05, 4.69) is 10.5 Å². The van der Waals surface area contributed by atoms with Gasteiger partial charge in [0.15, 0.2) is 0 Å². The van der Waals surface area contributed by atoms with Crippen LogP contribution in [0.2, 0.25) is 0 Å². The van der Waals surface area contributed by atoms with Gasteiger partial charge in [-0.25, -0.2) is 0 Å². The molecule has 6 nitrogen and oxygen atoms in total. The van der Waals surface area contributed by atoms with Gasteiger partial charge in [0, 0.05) is 13.6 Å². The lowest BCUT2D eigenvalue weighted by Gasteiger charge is -2.33. The third kappa shape index (κ3) is 2.09. The highest BCUT2D eigenvalue weighted by Crippen LogP contribution is 2.32. The summed E-state index contributed by atoms with van der Waals surface area (Å²) >= 11 is 0. The molecule has 1 saturated heterocycles. The molecule has 2 heterocycles. The summed E-state index contributed by atoms with van der Waals surface area (Å²) in [4.78, 5) is 26.5. The van der Waals surface area contributed by atoms with Crippen LogP contribution >= 0.6 is 0 Å². The highest BCUT2D eigenvalue weighted by Gasteiger charge is 2.46. The Hall–Kier alpha value is -1.85. The lowest BCUT2D eigenvalue weighted by Crippen LogP contribution is -2.54. The summed E-state index contributed by atoms with van der Waals surface area (Å²) in [7, 11) is 1.59. The van der Waals surface area contributed by atoms with E-state index in [1.54, 1.807) is 18.9 Å². The predicted octanol–water partition coefficient (Wildman–Crippen LogP) is 1.29. The van der Waals surface area contributed by atoms with Gasteiger partial charge in [0.1, 0.15) is 16.9 Å². The fourth-order valence-corrected chi connectivity index (χ4v) is 2.86. The zero-order chi connectivity index (χ0) is 14.9. The Bertz CT molecular complexity index is 538. The summed E-state index contributed by atoms with van der Waals surface area (Å²) in [6.45, 7) is 6.05. The van der Waals surface area contributed by atoms with E-state index >= 15 is 0 Å². The zero-order valence-corrected chi connectivity index (χ0v) is 12.4. The second-order valence-electron chi connectivity index (χ2n) is 5.33. The summed E-state index contributed by atoms with van der Waals surface area (Å²) in [6.07, 6.45) is 2.12. The van der Waals surface area contributed by atoms with Gasteiger partial charge in [-0.2, -0.15) is 0 Å². The van der Waals surface area contributed by atoms with Gasteiger partial charge in [0.2, 0.25) is 5.91 Å². The predicted molar refractivity (Wildman–Crippen MR) is 73.4 cm³/mol. The molecule has 1 N–H and O–H groups in total. The molecule has 1 aromatic rings. The van der Waals surface area contributed by atoms with Crippen molar-refractivity contribution >= 4 is 11.8 Å². The number of aromatic nitrogens is 1. The van der Waals surface area contributed by atoms with Crippen LogP contribution in [0.15, 0.2) is 4.52 Å². The number of aryl methyl sites for hydroxylation is 2. The maximum absolute atomic E-state index is 12.8. The maximum atomic E-state index is 12.8. The Morgan fingerprint density at radius 3 is 2.80 bits per heavy atom. The Morgan fingerprint density at radius 1 is 1.50 bits per heavy atom. The van der Waals surface area contributed by atoms with E-state index in [1.807, 2.05) is 13.8 Å². The number of carbonyl (C=O) groups excluding carboxylic acids is 2. The molecule has 1 atom stereocenters. The summed E-state index contributed by atoms with van der Waals surface area (Å²) < 4.78 is 5.12. The van der Waals surface area contributed by atoms with Crippen LogP contribution in [0.4, 0.5) is 0 Å². The van der Waals surface area contributed by atoms with Crippen molar-refractivity contribution < 1.29 is 14.1 Å². The first-order valence-electron chi connectivity index (χ1n) is 6.95. The highest BCUT2D eigenvalue weighted by atomic mass is 16.5. The molecule has 0 spiro atoms. The molecule has 1 fully saturated rings. The molecule has 2 rings (SSSR count). The van der Waals surface area contributed by atoms with Crippen LogP contribution < -0.4 is 5.32 Å². The highest BCUT2D eigenvalue weighted by molar-refractivity contribution is 6.00. The molecule has 6 heteroatoms. The minimum absolute atomic E-state index is 0.129. The average molecular weight is 279 g/mol. The van der Waals surface area contributed by atoms with Crippen molar-refractivity contribution in [1.29, 1.82) is 0 Å². The average Bonchev–Trinajstić information content (AvgIpc) is 3.01. The number of likely N-dealkylation sites (N-methyl/N-ethyl adjacent to an activating group) is 1. The van der Waals surface area contributed by atoms with Gasteiger partial charge in [-0.05, 0) is 33.1 Å². The minimum atomic E-state index is -0.791. The molecule has 20 heavy (non-hydrogen) atoms. The van der Waals surface area contributed by atoms with Crippen molar-refractivity contribution in [3.8, 4) is 0 Å². The van der Waals surface area contributed by atoms with Gasteiger partial charge in [0.25, 0.3) is 5.91 Å². The number of nitrogens with one attached hydrogen (secondary N) is 1. The van der Waals surface area contributed by atoms with Crippen molar-refractivity contribution in [2.75, 3.05) is 13.6 Å². The number of rotatable bonds is 3. The largest absolute Gasteiger partial charge is 0.361 e. The van der Waals surface area contributed by atoms with Crippen molar-refractivity contribution in [1.82, 2.24) is 15.4 Å². The second-order valence-corrected chi connectivity index (χ2v) is 5.33. The fraction of sp³-hybridized carbons (Fsp3) is 0.643. The molecule has 0 radical (unpaired) electrons. The normalized spacial score (nSPS) is 22.1. The second kappa shape index (κ2) is 5.26. The SMILES string of the molecule is CCc1noc(C)c1C(=O)N1CCC[C@@]1(C)C(=O)NC. The molecule has 0 saturated carbocycles. The first kappa shape index (κ1) is 14.6. The lowest BCUT2D eigenvalue weighted by molar-refractivity contribution is -0.129. The Balaban J connectivity index is 2.37. The minimum Gasteiger partial charge on any atom is -0.361 e. The Morgan fingerprint density at radius 2 is 2.20 bits per heavy atom.